The van der Waals surface area contributed by atoms with Crippen molar-refractivity contribution in [2.75, 3.05) is 13.7 Å². The topological polar surface area (TPSA) is 114 Å². The number of methoxy groups -OCH3 is 1. The standard InChI is InChI=1S/C18H21N3O5S/c1-13-8-9-16(26-2)14(10-13)11-17(22)20-21-18(23)12-19-27(24,25)15-6-4-3-5-7-15/h3-10,19H,11-12H2,1-2H3,(H,20,22)(H,21,23). The van der Waals surface area contributed by atoms with Gasteiger partial charge in [0.05, 0.1) is 25.0 Å². The third-order valence-corrected chi connectivity index (χ3v) is 5.02. The second-order valence-corrected chi connectivity index (χ2v) is 7.49. The fourth-order valence-electron chi connectivity index (χ4n) is 2.29. The summed E-state index contributed by atoms with van der Waals surface area (Å²) in [6.07, 6.45) is 0.000869. The number of hydrazine groups is 1. The highest BCUT2D eigenvalue weighted by Gasteiger charge is 2.15. The Morgan fingerprint density at radius 2 is 1.67 bits per heavy atom. The lowest BCUT2D eigenvalue weighted by Gasteiger charge is -2.11. The lowest BCUT2D eigenvalue weighted by atomic mass is 10.1. The second-order valence-electron chi connectivity index (χ2n) is 5.73. The summed E-state index contributed by atoms with van der Waals surface area (Å²) in [4.78, 5) is 23.8. The molecule has 0 aliphatic carbocycles. The Bertz CT molecular complexity index is 914. The zero-order valence-electron chi connectivity index (χ0n) is 15.0. The molecular weight excluding hydrogens is 370 g/mol. The van der Waals surface area contributed by atoms with E-state index < -0.39 is 28.4 Å². The normalized spacial score (nSPS) is 10.9. The van der Waals surface area contributed by atoms with Crippen LogP contribution in [-0.4, -0.2) is 33.9 Å². The number of hydrogen-bond donors (Lipinski definition) is 3. The molecule has 8 nitrogen and oxygen atoms in total. The van der Waals surface area contributed by atoms with E-state index in [-0.39, 0.29) is 11.3 Å². The summed E-state index contributed by atoms with van der Waals surface area (Å²) in [6.45, 7) is 1.38. The van der Waals surface area contributed by atoms with Gasteiger partial charge in [-0.3, -0.25) is 20.4 Å². The van der Waals surface area contributed by atoms with Gasteiger partial charge in [-0.1, -0.05) is 35.9 Å². The zero-order valence-corrected chi connectivity index (χ0v) is 15.8. The molecule has 0 radical (unpaired) electrons. The van der Waals surface area contributed by atoms with Crippen molar-refractivity contribution in [1.82, 2.24) is 15.6 Å². The molecule has 2 aromatic rings. The molecule has 9 heteroatoms. The molecule has 0 saturated heterocycles. The van der Waals surface area contributed by atoms with Crippen LogP contribution in [-0.2, 0) is 26.0 Å². The van der Waals surface area contributed by atoms with Gasteiger partial charge in [0.15, 0.2) is 0 Å². The van der Waals surface area contributed by atoms with Gasteiger partial charge < -0.3 is 4.74 Å². The molecule has 0 atom stereocenters. The number of amides is 2. The average molecular weight is 391 g/mol. The second kappa shape index (κ2) is 9.15. The minimum atomic E-state index is -3.80. The third kappa shape index (κ3) is 6.08. The van der Waals surface area contributed by atoms with Gasteiger partial charge in [-0.25, -0.2) is 13.1 Å². The van der Waals surface area contributed by atoms with Crippen molar-refractivity contribution in [1.29, 1.82) is 0 Å². The number of aryl methyl sites for hydroxylation is 1. The van der Waals surface area contributed by atoms with Gasteiger partial charge in [-0.2, -0.15) is 0 Å². The Balaban J connectivity index is 1.83. The van der Waals surface area contributed by atoms with Gasteiger partial charge in [-0.15, -0.1) is 0 Å². The van der Waals surface area contributed by atoms with Crippen LogP contribution >= 0.6 is 0 Å². The van der Waals surface area contributed by atoms with Gasteiger partial charge in [0.2, 0.25) is 15.9 Å². The molecule has 0 aliphatic rings. The molecular formula is C18H21N3O5S. The minimum Gasteiger partial charge on any atom is -0.496 e. The van der Waals surface area contributed by atoms with Gasteiger partial charge in [0.1, 0.15) is 5.75 Å². The summed E-state index contributed by atoms with van der Waals surface area (Å²) in [5.74, 6) is -0.588. The molecule has 0 bridgehead atoms. The highest BCUT2D eigenvalue weighted by Crippen LogP contribution is 2.19. The van der Waals surface area contributed by atoms with Gasteiger partial charge >= 0.3 is 0 Å². The van der Waals surface area contributed by atoms with Crippen molar-refractivity contribution in [2.24, 2.45) is 0 Å². The molecule has 3 N–H and O–H groups in total. The van der Waals surface area contributed by atoms with Crippen molar-refractivity contribution in [3.05, 3.63) is 59.7 Å². The van der Waals surface area contributed by atoms with E-state index in [1.807, 2.05) is 19.1 Å². The fourth-order valence-corrected chi connectivity index (χ4v) is 3.29. The van der Waals surface area contributed by atoms with Crippen molar-refractivity contribution in [3.8, 4) is 5.75 Å². The van der Waals surface area contributed by atoms with Crippen molar-refractivity contribution >= 4 is 21.8 Å². The zero-order chi connectivity index (χ0) is 19.9. The van der Waals surface area contributed by atoms with Gasteiger partial charge in [0.25, 0.3) is 5.91 Å². The third-order valence-electron chi connectivity index (χ3n) is 3.60. The maximum absolute atomic E-state index is 12.0. The van der Waals surface area contributed by atoms with Gasteiger partial charge in [-0.05, 0) is 25.1 Å². The predicted molar refractivity (Wildman–Crippen MR) is 99.4 cm³/mol. The van der Waals surface area contributed by atoms with Crippen molar-refractivity contribution in [3.63, 3.8) is 0 Å². The van der Waals surface area contributed by atoms with Crippen LogP contribution in [0.1, 0.15) is 11.1 Å². The first-order chi connectivity index (χ1) is 12.8. The Hall–Kier alpha value is -2.91. The number of carbonyl (C=O) groups is 2. The number of nitrogens with one attached hydrogen (secondary N) is 3. The summed E-state index contributed by atoms with van der Waals surface area (Å²) in [5.41, 5.74) is 6.07. The van der Waals surface area contributed by atoms with E-state index in [1.165, 1.54) is 19.2 Å². The largest absolute Gasteiger partial charge is 0.496 e. The minimum absolute atomic E-state index is 0.000869. The fraction of sp³-hybridized carbons (Fsp3) is 0.222. The molecule has 0 fully saturated rings. The van der Waals surface area contributed by atoms with Crippen molar-refractivity contribution < 1.29 is 22.7 Å². The Kier molecular flexibility index (Phi) is 6.91. The van der Waals surface area contributed by atoms with E-state index in [2.05, 4.69) is 15.6 Å². The first-order valence-electron chi connectivity index (χ1n) is 8.08. The van der Waals surface area contributed by atoms with Crippen LogP contribution in [0.15, 0.2) is 53.4 Å². The molecule has 144 valence electrons. The molecule has 0 saturated carbocycles. The first kappa shape index (κ1) is 20.4. The summed E-state index contributed by atoms with van der Waals surface area (Å²) >= 11 is 0. The molecule has 2 aromatic carbocycles. The Labute approximate surface area is 157 Å². The molecule has 0 heterocycles. The smallest absolute Gasteiger partial charge is 0.253 e. The van der Waals surface area contributed by atoms with Crippen molar-refractivity contribution in [2.45, 2.75) is 18.2 Å². The van der Waals surface area contributed by atoms with E-state index in [9.17, 15) is 18.0 Å². The monoisotopic (exact) mass is 391 g/mol. The quantitative estimate of drug-likeness (QED) is 0.601. The lowest BCUT2D eigenvalue weighted by Crippen LogP contribution is -2.46. The SMILES string of the molecule is COc1ccc(C)cc1CC(=O)NNC(=O)CNS(=O)(=O)c1ccccc1. The summed E-state index contributed by atoms with van der Waals surface area (Å²) in [6, 6.07) is 13.1. The maximum Gasteiger partial charge on any atom is 0.253 e. The Morgan fingerprint density at radius 1 is 1.00 bits per heavy atom. The number of benzene rings is 2. The Morgan fingerprint density at radius 3 is 2.33 bits per heavy atom. The number of ether oxygens (including phenoxy) is 1. The van der Waals surface area contributed by atoms with E-state index in [0.717, 1.165) is 5.56 Å². The van der Waals surface area contributed by atoms with E-state index in [4.69, 9.17) is 4.74 Å². The summed E-state index contributed by atoms with van der Waals surface area (Å²) in [7, 11) is -2.29. The molecule has 0 aromatic heterocycles. The highest BCUT2D eigenvalue weighted by molar-refractivity contribution is 7.89. The molecule has 0 unspecified atom stereocenters. The van der Waals surface area contributed by atoms with Crippen LogP contribution in [0.2, 0.25) is 0 Å². The van der Waals surface area contributed by atoms with E-state index >= 15 is 0 Å². The van der Waals surface area contributed by atoms with Crippen LogP contribution in [0.5, 0.6) is 5.75 Å². The first-order valence-corrected chi connectivity index (χ1v) is 9.56. The summed E-state index contributed by atoms with van der Waals surface area (Å²) < 4.78 is 31.4. The van der Waals surface area contributed by atoms with Crippen LogP contribution in [0.4, 0.5) is 0 Å². The van der Waals surface area contributed by atoms with E-state index in [1.54, 1.807) is 24.3 Å². The number of sulfonamides is 1. The molecule has 2 amide bonds. The highest BCUT2D eigenvalue weighted by atomic mass is 32.2. The predicted octanol–water partition coefficient (Wildman–Crippen LogP) is 0.672. The molecule has 0 spiro atoms. The molecule has 27 heavy (non-hydrogen) atoms. The molecule has 0 aliphatic heterocycles. The number of carbonyl (C=O) groups excluding carboxylic acids is 2. The number of rotatable bonds is 7. The van der Waals surface area contributed by atoms with Crippen LogP contribution in [0, 0.1) is 6.92 Å². The maximum atomic E-state index is 12.0. The molecule has 2 rings (SSSR count). The lowest BCUT2D eigenvalue weighted by molar-refractivity contribution is -0.127. The number of hydrogen-bond acceptors (Lipinski definition) is 5. The average Bonchev–Trinajstić information content (AvgIpc) is 2.66. The summed E-state index contributed by atoms with van der Waals surface area (Å²) in [5, 5.41) is 0. The van der Waals surface area contributed by atoms with Crippen LogP contribution < -0.4 is 20.3 Å². The van der Waals surface area contributed by atoms with Crippen LogP contribution in [0.3, 0.4) is 0 Å². The van der Waals surface area contributed by atoms with Gasteiger partial charge in [0, 0.05) is 5.56 Å². The van der Waals surface area contributed by atoms with E-state index in [0.29, 0.717) is 11.3 Å². The van der Waals surface area contributed by atoms with Crippen LogP contribution in [0.25, 0.3) is 0 Å².